The third-order valence-electron chi connectivity index (χ3n) is 5.28. The van der Waals surface area contributed by atoms with Crippen molar-refractivity contribution in [2.45, 2.75) is 75.8 Å². The van der Waals surface area contributed by atoms with Crippen molar-refractivity contribution in [2.75, 3.05) is 0 Å². The van der Waals surface area contributed by atoms with Crippen molar-refractivity contribution in [3.8, 4) is 17.6 Å². The Labute approximate surface area is 170 Å². The fourth-order valence-corrected chi connectivity index (χ4v) is 7.34. The maximum Gasteiger partial charge on any atom is 0.573 e. The van der Waals surface area contributed by atoms with Crippen molar-refractivity contribution < 1.29 is 31.8 Å². The number of benzene rings is 1. The highest BCUT2D eigenvalue weighted by molar-refractivity contribution is 6.58. The van der Waals surface area contributed by atoms with Gasteiger partial charge in [0.2, 0.25) is 0 Å². The summed E-state index contributed by atoms with van der Waals surface area (Å²) < 4.78 is 66.6. The maximum absolute atomic E-state index is 13.7. The molecule has 0 bridgehead atoms. The van der Waals surface area contributed by atoms with Gasteiger partial charge in [0.05, 0.1) is 6.17 Å². The van der Waals surface area contributed by atoms with E-state index in [0.29, 0.717) is 18.8 Å². The van der Waals surface area contributed by atoms with E-state index in [2.05, 4.69) is 16.6 Å². The van der Waals surface area contributed by atoms with E-state index in [4.69, 9.17) is 0 Å². The van der Waals surface area contributed by atoms with E-state index in [1.54, 1.807) is 6.92 Å². The van der Waals surface area contributed by atoms with Crippen LogP contribution in [0.3, 0.4) is 0 Å². The molecule has 2 atom stereocenters. The van der Waals surface area contributed by atoms with Gasteiger partial charge in [-0.15, -0.1) is 13.2 Å². The molecule has 0 aliphatic carbocycles. The first-order valence-electron chi connectivity index (χ1n) is 10.0. The van der Waals surface area contributed by atoms with Crippen LogP contribution in [-0.2, 0) is 0 Å². The Morgan fingerprint density at radius 3 is 2.55 bits per heavy atom. The van der Waals surface area contributed by atoms with Gasteiger partial charge in [0.25, 0.3) is 0 Å². The average Bonchev–Trinajstić information content (AvgIpc) is 2.62. The lowest BCUT2D eigenvalue weighted by molar-refractivity contribution is -0.275. The zero-order chi connectivity index (χ0) is 21.4. The Morgan fingerprint density at radius 1 is 1.28 bits per heavy atom. The van der Waals surface area contributed by atoms with Crippen LogP contribution in [0, 0.1) is 23.6 Å². The monoisotopic (exact) mass is 434 g/mol. The van der Waals surface area contributed by atoms with Crippen molar-refractivity contribution in [3.05, 3.63) is 29.6 Å². The molecule has 1 aliphatic heterocycles. The fourth-order valence-electron chi connectivity index (χ4n) is 3.77. The van der Waals surface area contributed by atoms with Crippen LogP contribution in [0.4, 0.5) is 22.0 Å². The summed E-state index contributed by atoms with van der Waals surface area (Å²) in [5, 5.41) is 10.1. The second-order valence-corrected chi connectivity index (χ2v) is 11.3. The largest absolute Gasteiger partial charge is 0.573 e. The van der Waals surface area contributed by atoms with E-state index in [1.807, 2.05) is 0 Å². The molecule has 0 radical (unpaired) electrons. The van der Waals surface area contributed by atoms with E-state index in [0.717, 1.165) is 31.4 Å². The number of hydrogen-bond donors (Lipinski definition) is 1. The second-order valence-electron chi connectivity index (χ2n) is 7.81. The molecule has 0 saturated carbocycles. The highest BCUT2D eigenvalue weighted by atomic mass is 28.3. The lowest BCUT2D eigenvalue weighted by Gasteiger charge is -2.28. The highest BCUT2D eigenvalue weighted by Crippen LogP contribution is 2.31. The van der Waals surface area contributed by atoms with Crippen LogP contribution in [0.5, 0.6) is 5.75 Å². The first kappa shape index (κ1) is 23.7. The van der Waals surface area contributed by atoms with Gasteiger partial charge in [0, 0.05) is 14.4 Å². The molecule has 1 fully saturated rings. The number of aliphatic hydroxyl groups excluding tert-OH is 1. The molecular weight excluding hydrogens is 407 g/mol. The van der Waals surface area contributed by atoms with E-state index < -0.39 is 39.0 Å². The number of aliphatic hydroxyl groups is 1. The minimum absolute atomic E-state index is 0.175. The zero-order valence-corrected chi connectivity index (χ0v) is 17.6. The predicted octanol–water partition coefficient (Wildman–Crippen LogP) is 5.60. The Morgan fingerprint density at radius 2 is 1.97 bits per heavy atom. The molecule has 1 aromatic rings. The van der Waals surface area contributed by atoms with Gasteiger partial charge in [0.1, 0.15) is 6.10 Å². The summed E-state index contributed by atoms with van der Waals surface area (Å²) in [6.07, 6.45) is -2.29. The summed E-state index contributed by atoms with van der Waals surface area (Å²) in [7, 11) is -0.778. The molecule has 8 heteroatoms. The molecule has 1 aromatic carbocycles. The van der Waals surface area contributed by atoms with Gasteiger partial charge < -0.3 is 9.84 Å². The smallest absolute Gasteiger partial charge is 0.403 e. The van der Waals surface area contributed by atoms with Crippen LogP contribution in [0.25, 0.3) is 0 Å². The van der Waals surface area contributed by atoms with Crippen LogP contribution in [0.1, 0.15) is 44.6 Å². The van der Waals surface area contributed by atoms with Crippen molar-refractivity contribution in [2.24, 2.45) is 5.92 Å². The molecule has 1 aliphatic rings. The van der Waals surface area contributed by atoms with Crippen LogP contribution in [0.2, 0.25) is 18.1 Å². The van der Waals surface area contributed by atoms with Gasteiger partial charge in [-0.2, -0.15) is 0 Å². The third-order valence-corrected chi connectivity index (χ3v) is 8.80. The molecule has 0 aromatic heterocycles. The topological polar surface area (TPSA) is 29.5 Å². The number of ether oxygens (including phenoxy) is 1. The summed E-state index contributed by atoms with van der Waals surface area (Å²) in [5.41, 5.74) is 0.175. The minimum Gasteiger partial charge on any atom is -0.403 e. The van der Waals surface area contributed by atoms with Crippen molar-refractivity contribution in [1.29, 1.82) is 0 Å². The summed E-state index contributed by atoms with van der Waals surface area (Å²) in [4.78, 5) is 0. The number of alkyl halides is 4. The van der Waals surface area contributed by atoms with Crippen molar-refractivity contribution >= 4 is 8.80 Å². The van der Waals surface area contributed by atoms with E-state index in [9.17, 15) is 27.1 Å². The number of hydrogen-bond acceptors (Lipinski definition) is 2. The molecule has 2 unspecified atom stereocenters. The van der Waals surface area contributed by atoms with Gasteiger partial charge in [0.15, 0.2) is 11.6 Å². The van der Waals surface area contributed by atoms with Crippen molar-refractivity contribution in [3.63, 3.8) is 0 Å². The van der Waals surface area contributed by atoms with Gasteiger partial charge in [-0.1, -0.05) is 49.2 Å². The maximum atomic E-state index is 13.7. The molecule has 2 rings (SSSR count). The van der Waals surface area contributed by atoms with Crippen LogP contribution < -0.4 is 4.74 Å². The fraction of sp³-hybridized carbons (Fsp3) is 0.619. The summed E-state index contributed by atoms with van der Waals surface area (Å²) >= 11 is 0. The lowest BCUT2D eigenvalue weighted by atomic mass is 9.95. The third kappa shape index (κ3) is 9.17. The van der Waals surface area contributed by atoms with Gasteiger partial charge >= 0.3 is 6.36 Å². The lowest BCUT2D eigenvalue weighted by Crippen LogP contribution is -2.23. The van der Waals surface area contributed by atoms with E-state index >= 15 is 0 Å². The quantitative estimate of drug-likeness (QED) is 0.344. The second kappa shape index (κ2) is 11.0. The molecule has 29 heavy (non-hydrogen) atoms. The van der Waals surface area contributed by atoms with Gasteiger partial charge in [-0.25, -0.2) is 8.78 Å². The Kier molecular flexibility index (Phi) is 8.96. The average molecular weight is 435 g/mol. The van der Waals surface area contributed by atoms with Gasteiger partial charge in [-0.05, 0) is 43.9 Å². The standard InChI is InChI=1S/C21H27F5O2Si/c1-15(22)3-2-10-29-11-8-17(9-12-29)13-18(27)6-4-16-5-7-20(19(23)14-16)28-21(24,25)26/h5,7,14-15,17-18,27,29H,2-3,8-13H2,1H3/t15?,17-,18?,29-. The molecule has 162 valence electrons. The Balaban J connectivity index is 1.78. The Bertz CT molecular complexity index is 703. The van der Waals surface area contributed by atoms with Crippen molar-refractivity contribution in [1.82, 2.24) is 0 Å². The van der Waals surface area contributed by atoms with Crippen LogP contribution >= 0.6 is 0 Å². The minimum atomic E-state index is -4.96. The molecule has 0 spiro atoms. The first-order chi connectivity index (χ1) is 13.6. The highest BCUT2D eigenvalue weighted by Gasteiger charge is 2.32. The molecule has 2 nitrogen and oxygen atoms in total. The first-order valence-corrected chi connectivity index (χ1v) is 12.5. The van der Waals surface area contributed by atoms with E-state index in [1.165, 1.54) is 24.2 Å². The summed E-state index contributed by atoms with van der Waals surface area (Å²) in [5.74, 6) is 3.57. The Hall–Kier alpha value is -1.59. The normalized spacial score (nSPS) is 21.8. The van der Waals surface area contributed by atoms with E-state index in [-0.39, 0.29) is 5.56 Å². The molecule has 0 amide bonds. The molecule has 1 saturated heterocycles. The summed E-state index contributed by atoms with van der Waals surface area (Å²) in [6.45, 7) is 1.60. The van der Waals surface area contributed by atoms with Crippen LogP contribution in [0.15, 0.2) is 18.2 Å². The van der Waals surface area contributed by atoms with Crippen LogP contribution in [-0.4, -0.2) is 32.5 Å². The number of halogens is 5. The molecular formula is C21H27F5O2Si. The SMILES string of the molecule is CC(F)CCC[Si@H]1CC[C@H](CC(O)C#Cc2ccc(OC(F)(F)F)c(F)c2)CC1. The number of rotatable bonds is 7. The predicted molar refractivity (Wildman–Crippen MR) is 105 cm³/mol. The van der Waals surface area contributed by atoms with Gasteiger partial charge in [-0.3, -0.25) is 0 Å². The molecule has 1 N–H and O–H groups in total. The molecule has 1 heterocycles. The zero-order valence-electron chi connectivity index (χ0n) is 16.4. The summed E-state index contributed by atoms with van der Waals surface area (Å²) in [6, 6.07) is 6.54.